The lowest BCUT2D eigenvalue weighted by atomic mass is 9.64. The zero-order valence-corrected chi connectivity index (χ0v) is 16.6. The van der Waals surface area contributed by atoms with E-state index in [9.17, 15) is 9.90 Å². The number of ether oxygens (including phenoxy) is 3. The smallest absolute Gasteiger partial charge is 0.146 e. The predicted molar refractivity (Wildman–Crippen MR) is 104 cm³/mol. The molecule has 3 fully saturated rings. The molecule has 1 aliphatic carbocycles. The number of benzene rings is 1. The first kappa shape index (κ1) is 20.0. The lowest BCUT2D eigenvalue weighted by Crippen LogP contribution is -2.70. The lowest BCUT2D eigenvalue weighted by molar-refractivity contribution is -0.235. The molecule has 2 saturated heterocycles. The van der Waals surface area contributed by atoms with E-state index in [1.54, 1.807) is 7.11 Å². The number of hydrogen-bond acceptors (Lipinski definition) is 6. The highest BCUT2D eigenvalue weighted by atomic mass is 16.7. The summed E-state index contributed by atoms with van der Waals surface area (Å²) < 4.78 is 16.9. The van der Waals surface area contributed by atoms with Crippen LogP contribution < -0.4 is 0 Å². The van der Waals surface area contributed by atoms with Crippen LogP contribution in [0, 0.1) is 5.92 Å². The van der Waals surface area contributed by atoms with Gasteiger partial charge in [0.05, 0.1) is 12.5 Å². The van der Waals surface area contributed by atoms with Crippen molar-refractivity contribution in [2.24, 2.45) is 5.92 Å². The van der Waals surface area contributed by atoms with E-state index in [0.717, 1.165) is 24.9 Å². The highest BCUT2D eigenvalue weighted by Gasteiger charge is 2.61. The van der Waals surface area contributed by atoms with Gasteiger partial charge in [0.2, 0.25) is 0 Å². The molecule has 5 atom stereocenters. The van der Waals surface area contributed by atoms with E-state index in [4.69, 9.17) is 14.2 Å². The Hall–Kier alpha value is -1.31. The van der Waals surface area contributed by atoms with E-state index in [0.29, 0.717) is 32.5 Å². The first-order valence-electron chi connectivity index (χ1n) is 10.4. The lowest BCUT2D eigenvalue weighted by Gasteiger charge is -2.56. The van der Waals surface area contributed by atoms with Crippen LogP contribution in [0.2, 0.25) is 0 Å². The largest absolute Gasteiger partial charge is 0.386 e. The summed E-state index contributed by atoms with van der Waals surface area (Å²) in [6.45, 7) is 2.08. The van der Waals surface area contributed by atoms with Gasteiger partial charge in [0.15, 0.2) is 0 Å². The predicted octanol–water partition coefficient (Wildman–Crippen LogP) is 2.14. The number of carbonyl (C=O) groups is 1. The van der Waals surface area contributed by atoms with Crippen molar-refractivity contribution in [1.82, 2.24) is 4.90 Å². The zero-order chi connectivity index (χ0) is 19.6. The number of Topliss-reactive ketones (excluding diaryl/α,β-unsaturated/α-hetero) is 1. The van der Waals surface area contributed by atoms with Crippen molar-refractivity contribution in [2.75, 3.05) is 27.1 Å². The van der Waals surface area contributed by atoms with Crippen LogP contribution in [-0.2, 0) is 25.6 Å². The molecule has 2 unspecified atom stereocenters. The van der Waals surface area contributed by atoms with Gasteiger partial charge in [-0.25, -0.2) is 0 Å². The van der Waals surface area contributed by atoms with Crippen molar-refractivity contribution < 1.29 is 24.1 Å². The maximum atomic E-state index is 13.0. The van der Waals surface area contributed by atoms with Gasteiger partial charge in [-0.2, -0.15) is 0 Å². The standard InChI is InChI=1S/C22H31NO5/c1-26-15-28-21-19-8-5-10-23(19)17-12-20(24)18(22(21,25)13-17)9-11-27-14-16-6-3-2-4-7-16/h2-4,6-7,17-19,21,25H,5,8-15H2,1H3/t17-,18-,19?,21?,22+/m1/s1. The summed E-state index contributed by atoms with van der Waals surface area (Å²) in [6.07, 6.45) is 3.33. The summed E-state index contributed by atoms with van der Waals surface area (Å²) in [5, 5.41) is 11.7. The second kappa shape index (κ2) is 8.59. The minimum atomic E-state index is -1.14. The van der Waals surface area contributed by atoms with Gasteiger partial charge in [0.25, 0.3) is 0 Å². The van der Waals surface area contributed by atoms with Gasteiger partial charge in [-0.1, -0.05) is 30.3 Å². The Morgan fingerprint density at radius 1 is 1.29 bits per heavy atom. The number of nitrogens with zero attached hydrogens (tertiary/aromatic N) is 1. The maximum absolute atomic E-state index is 13.0. The molecule has 0 amide bonds. The molecule has 1 aromatic rings. The third-order valence-corrected chi connectivity index (χ3v) is 6.67. The van der Waals surface area contributed by atoms with Crippen molar-refractivity contribution in [3.05, 3.63) is 35.9 Å². The highest BCUT2D eigenvalue weighted by Crippen LogP contribution is 2.48. The van der Waals surface area contributed by atoms with Gasteiger partial charge in [-0.15, -0.1) is 0 Å². The van der Waals surface area contributed by atoms with E-state index in [1.165, 1.54) is 0 Å². The van der Waals surface area contributed by atoms with E-state index < -0.39 is 17.6 Å². The Balaban J connectivity index is 1.44. The van der Waals surface area contributed by atoms with Crippen LogP contribution >= 0.6 is 0 Å². The van der Waals surface area contributed by atoms with Crippen LogP contribution in [0.1, 0.15) is 37.7 Å². The fraction of sp³-hybridized carbons (Fsp3) is 0.682. The van der Waals surface area contributed by atoms with Crippen molar-refractivity contribution in [2.45, 2.75) is 62.5 Å². The molecule has 1 N–H and O–H groups in total. The van der Waals surface area contributed by atoms with Gasteiger partial charge in [-0.3, -0.25) is 9.69 Å². The second-order valence-electron chi connectivity index (χ2n) is 8.34. The van der Waals surface area contributed by atoms with Crippen molar-refractivity contribution in [1.29, 1.82) is 0 Å². The Morgan fingerprint density at radius 2 is 2.11 bits per heavy atom. The number of fused-ring (bicyclic) bond motifs is 4. The van der Waals surface area contributed by atoms with E-state index >= 15 is 0 Å². The SMILES string of the molecule is COCOC1C2CCCN2[C@@H]2CC(=O)[C@@H](CCOCc3ccccc3)[C@@]1(O)C2. The normalized spacial score (nSPS) is 35.1. The molecule has 2 heterocycles. The minimum absolute atomic E-state index is 0.132. The van der Waals surface area contributed by atoms with Gasteiger partial charge >= 0.3 is 0 Å². The fourth-order valence-corrected chi connectivity index (χ4v) is 5.49. The Kier molecular flexibility index (Phi) is 6.13. The second-order valence-corrected chi connectivity index (χ2v) is 8.34. The maximum Gasteiger partial charge on any atom is 0.146 e. The molecule has 0 radical (unpaired) electrons. The molecule has 1 aromatic carbocycles. The van der Waals surface area contributed by atoms with Crippen LogP contribution in [0.3, 0.4) is 0 Å². The Labute approximate surface area is 166 Å². The zero-order valence-electron chi connectivity index (χ0n) is 16.6. The van der Waals surface area contributed by atoms with Crippen LogP contribution in [0.5, 0.6) is 0 Å². The topological polar surface area (TPSA) is 68.2 Å². The monoisotopic (exact) mass is 389 g/mol. The van der Waals surface area contributed by atoms with Crippen LogP contribution in [-0.4, -0.2) is 66.6 Å². The third kappa shape index (κ3) is 3.76. The van der Waals surface area contributed by atoms with E-state index in [1.807, 2.05) is 30.3 Å². The molecule has 0 aromatic heterocycles. The molecule has 1 saturated carbocycles. The molecule has 4 rings (SSSR count). The van der Waals surface area contributed by atoms with Crippen molar-refractivity contribution in [3.63, 3.8) is 0 Å². The average molecular weight is 389 g/mol. The van der Waals surface area contributed by atoms with Gasteiger partial charge < -0.3 is 19.3 Å². The van der Waals surface area contributed by atoms with Crippen LogP contribution in [0.25, 0.3) is 0 Å². The van der Waals surface area contributed by atoms with Gasteiger partial charge in [-0.05, 0) is 37.8 Å². The van der Waals surface area contributed by atoms with Gasteiger partial charge in [0.1, 0.15) is 24.3 Å². The minimum Gasteiger partial charge on any atom is -0.386 e. The number of aliphatic hydroxyl groups is 1. The summed E-state index contributed by atoms with van der Waals surface area (Å²) in [4.78, 5) is 15.3. The number of methoxy groups -OCH3 is 1. The van der Waals surface area contributed by atoms with E-state index in [-0.39, 0.29) is 24.7 Å². The number of rotatable bonds is 8. The molecule has 6 nitrogen and oxygen atoms in total. The number of hydrogen-bond donors (Lipinski definition) is 1. The third-order valence-electron chi connectivity index (χ3n) is 6.67. The van der Waals surface area contributed by atoms with Crippen molar-refractivity contribution in [3.8, 4) is 0 Å². The summed E-state index contributed by atoms with van der Waals surface area (Å²) in [7, 11) is 1.59. The number of piperidine rings is 1. The van der Waals surface area contributed by atoms with E-state index in [2.05, 4.69) is 4.90 Å². The molecule has 2 aliphatic heterocycles. The molecule has 0 spiro atoms. The molecule has 28 heavy (non-hydrogen) atoms. The molecule has 6 heteroatoms. The highest BCUT2D eigenvalue weighted by molar-refractivity contribution is 5.84. The Bertz CT molecular complexity index is 668. The molecule has 3 aliphatic rings. The summed E-state index contributed by atoms with van der Waals surface area (Å²) in [5.74, 6) is -0.303. The molecule has 154 valence electrons. The molecular formula is C22H31NO5. The first-order chi connectivity index (χ1) is 13.6. The average Bonchev–Trinajstić information content (AvgIpc) is 3.17. The first-order valence-corrected chi connectivity index (χ1v) is 10.4. The summed E-state index contributed by atoms with van der Waals surface area (Å²) in [5.41, 5.74) is -0.0306. The van der Waals surface area contributed by atoms with Gasteiger partial charge in [0, 0.05) is 32.2 Å². The number of carbonyl (C=O) groups excluding carboxylic acids is 1. The Morgan fingerprint density at radius 3 is 2.89 bits per heavy atom. The molecular weight excluding hydrogens is 358 g/mol. The van der Waals surface area contributed by atoms with Crippen LogP contribution in [0.15, 0.2) is 30.3 Å². The summed E-state index contributed by atoms with van der Waals surface area (Å²) >= 11 is 0. The van der Waals surface area contributed by atoms with Crippen molar-refractivity contribution >= 4 is 5.78 Å². The van der Waals surface area contributed by atoms with Crippen LogP contribution in [0.4, 0.5) is 0 Å². The summed E-state index contributed by atoms with van der Waals surface area (Å²) in [6, 6.07) is 10.3. The quantitative estimate of drug-likeness (QED) is 0.543. The number of ketones is 1. The molecule has 2 bridgehead atoms. The fourth-order valence-electron chi connectivity index (χ4n) is 5.49.